The molecule has 0 N–H and O–H groups in total. The third-order valence-electron chi connectivity index (χ3n) is 0.999. The van der Waals surface area contributed by atoms with Crippen LogP contribution in [0.1, 0.15) is 11.9 Å². The Labute approximate surface area is 93.8 Å². The maximum absolute atomic E-state index is 10.3. The molecule has 1 aromatic heterocycles. The van der Waals surface area contributed by atoms with Crippen molar-refractivity contribution in [3.8, 4) is 0 Å². The molecule has 1 rings (SSSR count). The van der Waals surface area contributed by atoms with Crippen molar-refractivity contribution in [2.75, 3.05) is 0 Å². The standard InChI is InChI=1S/C5H7NO2S2.Na/c1-2-4-6-3-5(9-4)10(7)8;/h3H,2H2,1H3,(H,7,8);/q;+1/p-1. The fourth-order valence-corrected chi connectivity index (χ4v) is 1.82. The summed E-state index contributed by atoms with van der Waals surface area (Å²) in [4.78, 5) is 3.88. The van der Waals surface area contributed by atoms with Crippen LogP contribution in [-0.2, 0) is 17.5 Å². The molecule has 0 bridgehead atoms. The maximum atomic E-state index is 10.3. The van der Waals surface area contributed by atoms with E-state index in [1.807, 2.05) is 6.92 Å². The van der Waals surface area contributed by atoms with E-state index in [-0.39, 0.29) is 29.6 Å². The molecule has 1 atom stereocenters. The van der Waals surface area contributed by atoms with Crippen LogP contribution in [0.4, 0.5) is 0 Å². The number of hydrogen-bond donors (Lipinski definition) is 0. The Bertz CT molecular complexity index is 250. The summed E-state index contributed by atoms with van der Waals surface area (Å²) in [6, 6.07) is 0. The molecular weight excluding hydrogens is 193 g/mol. The van der Waals surface area contributed by atoms with E-state index in [1.165, 1.54) is 17.5 Å². The summed E-state index contributed by atoms with van der Waals surface area (Å²) in [6.07, 6.45) is 2.18. The largest absolute Gasteiger partial charge is 1.00 e. The quantitative estimate of drug-likeness (QED) is 0.407. The molecule has 0 spiro atoms. The average Bonchev–Trinajstić information content (AvgIpc) is 2.34. The SMILES string of the molecule is CCc1ncc(S(=O)[O-])s1.[Na+]. The molecule has 0 aliphatic heterocycles. The van der Waals surface area contributed by atoms with Gasteiger partial charge in [0.1, 0.15) is 0 Å². The van der Waals surface area contributed by atoms with Gasteiger partial charge in [0.25, 0.3) is 0 Å². The van der Waals surface area contributed by atoms with Gasteiger partial charge in [0, 0.05) is 0 Å². The monoisotopic (exact) mass is 199 g/mol. The first kappa shape index (κ1) is 11.7. The van der Waals surface area contributed by atoms with Crippen LogP contribution in [-0.4, -0.2) is 13.7 Å². The molecule has 1 unspecified atom stereocenters. The number of rotatable bonds is 2. The first-order valence-corrected chi connectivity index (χ1v) is 4.67. The van der Waals surface area contributed by atoms with Gasteiger partial charge in [-0.05, 0) is 17.5 Å². The molecule has 11 heavy (non-hydrogen) atoms. The van der Waals surface area contributed by atoms with E-state index < -0.39 is 11.1 Å². The molecule has 0 amide bonds. The molecule has 0 aliphatic rings. The zero-order chi connectivity index (χ0) is 7.56. The predicted molar refractivity (Wildman–Crippen MR) is 38.7 cm³/mol. The summed E-state index contributed by atoms with van der Waals surface area (Å²) < 4.78 is 20.9. The van der Waals surface area contributed by atoms with Crippen LogP contribution in [0.25, 0.3) is 0 Å². The third kappa shape index (κ3) is 3.31. The van der Waals surface area contributed by atoms with E-state index in [4.69, 9.17) is 0 Å². The Morgan fingerprint density at radius 3 is 2.73 bits per heavy atom. The molecule has 56 valence electrons. The second-order valence-electron chi connectivity index (χ2n) is 1.66. The topological polar surface area (TPSA) is 53.0 Å². The zero-order valence-electron chi connectivity index (χ0n) is 6.36. The van der Waals surface area contributed by atoms with Crippen molar-refractivity contribution in [3.63, 3.8) is 0 Å². The van der Waals surface area contributed by atoms with E-state index in [0.29, 0.717) is 4.21 Å². The zero-order valence-corrected chi connectivity index (χ0v) is 10.00. The van der Waals surface area contributed by atoms with Gasteiger partial charge in [0.15, 0.2) is 0 Å². The van der Waals surface area contributed by atoms with Crippen molar-refractivity contribution in [2.24, 2.45) is 0 Å². The minimum Gasteiger partial charge on any atom is -0.768 e. The Morgan fingerprint density at radius 2 is 2.45 bits per heavy atom. The summed E-state index contributed by atoms with van der Waals surface area (Å²) in [5.41, 5.74) is 0. The molecule has 0 fully saturated rings. The van der Waals surface area contributed by atoms with Gasteiger partial charge in [-0.25, -0.2) is 4.98 Å². The van der Waals surface area contributed by atoms with Gasteiger partial charge >= 0.3 is 29.6 Å². The third-order valence-corrected chi connectivity index (χ3v) is 3.03. The molecule has 1 heterocycles. The summed E-state index contributed by atoms with van der Waals surface area (Å²) in [5, 5.41) is 0.860. The molecule has 0 saturated heterocycles. The molecule has 0 radical (unpaired) electrons. The Kier molecular flexibility index (Phi) is 5.76. The van der Waals surface area contributed by atoms with Crippen LogP contribution >= 0.6 is 11.3 Å². The van der Waals surface area contributed by atoms with Crippen LogP contribution in [0, 0.1) is 0 Å². The normalized spacial score (nSPS) is 12.2. The number of aromatic nitrogens is 1. The Morgan fingerprint density at radius 1 is 1.82 bits per heavy atom. The van der Waals surface area contributed by atoms with Gasteiger partial charge in [0.05, 0.1) is 15.4 Å². The number of nitrogens with zero attached hydrogens (tertiary/aromatic N) is 1. The molecule has 0 saturated carbocycles. The van der Waals surface area contributed by atoms with Gasteiger partial charge < -0.3 is 4.55 Å². The minimum atomic E-state index is -2.10. The maximum Gasteiger partial charge on any atom is 1.00 e. The van der Waals surface area contributed by atoms with Crippen molar-refractivity contribution in [1.82, 2.24) is 4.98 Å². The van der Waals surface area contributed by atoms with Crippen LogP contribution in [0.15, 0.2) is 10.4 Å². The number of hydrogen-bond acceptors (Lipinski definition) is 4. The van der Waals surface area contributed by atoms with Crippen LogP contribution < -0.4 is 29.6 Å². The van der Waals surface area contributed by atoms with Gasteiger partial charge in [-0.1, -0.05) is 6.92 Å². The first-order valence-electron chi connectivity index (χ1n) is 2.78. The van der Waals surface area contributed by atoms with Crippen LogP contribution in [0.5, 0.6) is 0 Å². The summed E-state index contributed by atoms with van der Waals surface area (Å²) in [5.74, 6) is 0. The fourth-order valence-electron chi connectivity index (χ4n) is 0.534. The second-order valence-corrected chi connectivity index (χ2v) is 3.94. The van der Waals surface area contributed by atoms with Crippen molar-refractivity contribution >= 4 is 22.4 Å². The second kappa shape index (κ2) is 5.40. The van der Waals surface area contributed by atoms with E-state index in [9.17, 15) is 8.76 Å². The molecular formula is C5H6NNaO2S2. The summed E-state index contributed by atoms with van der Waals surface area (Å²) >= 11 is -0.886. The van der Waals surface area contributed by atoms with E-state index >= 15 is 0 Å². The predicted octanol–water partition coefficient (Wildman–Crippen LogP) is -2.05. The molecule has 0 aromatic carbocycles. The minimum absolute atomic E-state index is 0. The van der Waals surface area contributed by atoms with Crippen molar-refractivity contribution < 1.29 is 38.3 Å². The molecule has 1 aromatic rings. The van der Waals surface area contributed by atoms with Crippen LogP contribution in [0.3, 0.4) is 0 Å². The van der Waals surface area contributed by atoms with Gasteiger partial charge in [-0.2, -0.15) is 0 Å². The number of thiazole rings is 1. The van der Waals surface area contributed by atoms with Gasteiger partial charge in [0.2, 0.25) is 0 Å². The summed E-state index contributed by atoms with van der Waals surface area (Å²) in [7, 11) is 0. The van der Waals surface area contributed by atoms with Crippen molar-refractivity contribution in [2.45, 2.75) is 17.6 Å². The van der Waals surface area contributed by atoms with E-state index in [0.717, 1.165) is 11.4 Å². The number of aryl methyl sites for hydroxylation is 1. The van der Waals surface area contributed by atoms with Crippen molar-refractivity contribution in [1.29, 1.82) is 0 Å². The smallest absolute Gasteiger partial charge is 0.768 e. The van der Waals surface area contributed by atoms with Gasteiger partial charge in [-0.3, -0.25) is 4.21 Å². The Hall–Kier alpha value is 0.740. The van der Waals surface area contributed by atoms with Crippen molar-refractivity contribution in [3.05, 3.63) is 11.2 Å². The Balaban J connectivity index is 0.000001000. The molecule has 0 aliphatic carbocycles. The van der Waals surface area contributed by atoms with E-state index in [2.05, 4.69) is 4.98 Å². The summed E-state index contributed by atoms with van der Waals surface area (Å²) in [6.45, 7) is 1.94. The average molecular weight is 199 g/mol. The molecule has 3 nitrogen and oxygen atoms in total. The molecule has 6 heteroatoms. The van der Waals surface area contributed by atoms with Crippen LogP contribution in [0.2, 0.25) is 0 Å². The fraction of sp³-hybridized carbons (Fsp3) is 0.400. The first-order chi connectivity index (χ1) is 4.74. The van der Waals surface area contributed by atoms with E-state index in [1.54, 1.807) is 0 Å². The van der Waals surface area contributed by atoms with Gasteiger partial charge in [-0.15, -0.1) is 11.3 Å².